The second-order valence-corrected chi connectivity index (χ2v) is 7.28. The molecule has 0 spiro atoms. The van der Waals surface area contributed by atoms with Gasteiger partial charge in [-0.3, -0.25) is 0 Å². The Balaban J connectivity index is 1.79. The molecule has 0 amide bonds. The van der Waals surface area contributed by atoms with Crippen LogP contribution in [-0.2, 0) is 4.74 Å². The summed E-state index contributed by atoms with van der Waals surface area (Å²) < 4.78 is 6.14. The quantitative estimate of drug-likeness (QED) is 0.834. The van der Waals surface area contributed by atoms with Crippen molar-refractivity contribution >= 4 is 0 Å². The molecule has 0 saturated heterocycles. The normalized spacial score (nSPS) is 40.6. The van der Waals surface area contributed by atoms with Gasteiger partial charge in [0.1, 0.15) is 0 Å². The molecule has 2 aliphatic carbocycles. The Morgan fingerprint density at radius 2 is 1.84 bits per heavy atom. The number of hydrogen-bond acceptors (Lipinski definition) is 2. The van der Waals surface area contributed by atoms with E-state index in [1.54, 1.807) is 0 Å². The van der Waals surface area contributed by atoms with E-state index in [9.17, 15) is 5.11 Å². The Kier molecular flexibility index (Phi) is 5.70. The van der Waals surface area contributed by atoms with Crippen molar-refractivity contribution < 1.29 is 9.84 Å². The van der Waals surface area contributed by atoms with Gasteiger partial charge in [-0.1, -0.05) is 40.0 Å². The van der Waals surface area contributed by atoms with Crippen molar-refractivity contribution in [3.05, 3.63) is 0 Å². The predicted octanol–water partition coefficient (Wildman–Crippen LogP) is 4.01. The Hall–Kier alpha value is -0.0800. The largest absolute Gasteiger partial charge is 0.390 e. The third-order valence-electron chi connectivity index (χ3n) is 5.55. The van der Waals surface area contributed by atoms with Gasteiger partial charge in [0, 0.05) is 0 Å². The molecular weight excluding hydrogens is 236 g/mol. The molecule has 2 fully saturated rings. The van der Waals surface area contributed by atoms with Gasteiger partial charge in [-0.05, 0) is 49.4 Å². The second-order valence-electron chi connectivity index (χ2n) is 7.28. The Morgan fingerprint density at radius 1 is 1.11 bits per heavy atom. The van der Waals surface area contributed by atoms with Crippen molar-refractivity contribution in [2.45, 2.75) is 77.9 Å². The second kappa shape index (κ2) is 7.08. The smallest absolute Gasteiger partial charge is 0.0836 e. The summed E-state index contributed by atoms with van der Waals surface area (Å²) in [6.45, 7) is 7.82. The van der Waals surface area contributed by atoms with Crippen LogP contribution in [0.15, 0.2) is 0 Å². The van der Waals surface area contributed by atoms with Crippen molar-refractivity contribution in [2.75, 3.05) is 6.61 Å². The number of hydrogen-bond donors (Lipinski definition) is 1. The fourth-order valence-corrected chi connectivity index (χ4v) is 3.82. The molecule has 2 heteroatoms. The van der Waals surface area contributed by atoms with Crippen molar-refractivity contribution in [1.29, 1.82) is 0 Å². The van der Waals surface area contributed by atoms with E-state index in [2.05, 4.69) is 20.8 Å². The molecule has 0 aliphatic heterocycles. The molecule has 19 heavy (non-hydrogen) atoms. The van der Waals surface area contributed by atoms with Gasteiger partial charge in [0.2, 0.25) is 0 Å². The van der Waals surface area contributed by atoms with Gasteiger partial charge in [0.15, 0.2) is 0 Å². The molecule has 1 unspecified atom stereocenters. The van der Waals surface area contributed by atoms with E-state index in [-0.39, 0.29) is 12.2 Å². The molecular formula is C17H32O2. The van der Waals surface area contributed by atoms with Crippen molar-refractivity contribution in [1.82, 2.24) is 0 Å². The minimum Gasteiger partial charge on any atom is -0.390 e. The van der Waals surface area contributed by atoms with Gasteiger partial charge in [0.05, 0.1) is 18.8 Å². The van der Waals surface area contributed by atoms with Crippen molar-refractivity contribution in [3.63, 3.8) is 0 Å². The molecule has 2 aliphatic rings. The molecule has 2 nitrogen and oxygen atoms in total. The lowest BCUT2D eigenvalue weighted by Gasteiger charge is -2.37. The maximum atomic E-state index is 10.1. The van der Waals surface area contributed by atoms with Crippen molar-refractivity contribution in [3.8, 4) is 0 Å². The molecule has 0 aromatic heterocycles. The third-order valence-corrected chi connectivity index (χ3v) is 5.55. The molecule has 0 radical (unpaired) electrons. The van der Waals surface area contributed by atoms with Crippen LogP contribution in [0.25, 0.3) is 0 Å². The lowest BCUT2D eigenvalue weighted by atomic mass is 9.78. The zero-order valence-electron chi connectivity index (χ0n) is 13.0. The number of rotatable bonds is 4. The first-order valence-corrected chi connectivity index (χ1v) is 8.37. The molecule has 112 valence electrons. The van der Waals surface area contributed by atoms with Crippen molar-refractivity contribution in [2.24, 2.45) is 23.7 Å². The standard InChI is InChI=1S/C17H32O2/c1-12(2)14-8-9-16(18)17(10-14)19-11-15-7-5-4-6-13(15)3/h12-18H,4-11H2,1-3H3/t13-,14-,15-,16-,17?/m0/s1. The van der Waals surface area contributed by atoms with Gasteiger partial charge in [-0.2, -0.15) is 0 Å². The average Bonchev–Trinajstić information content (AvgIpc) is 2.39. The van der Waals surface area contributed by atoms with E-state index < -0.39 is 0 Å². The fraction of sp³-hybridized carbons (Fsp3) is 1.00. The van der Waals surface area contributed by atoms with Crippen LogP contribution in [0, 0.1) is 23.7 Å². The molecule has 0 aromatic carbocycles. The molecule has 0 bridgehead atoms. The summed E-state index contributed by atoms with van der Waals surface area (Å²) in [5.74, 6) is 2.97. The fourth-order valence-electron chi connectivity index (χ4n) is 3.82. The highest BCUT2D eigenvalue weighted by Gasteiger charge is 2.32. The number of aliphatic hydroxyl groups is 1. The van der Waals surface area contributed by atoms with E-state index in [4.69, 9.17) is 4.74 Å². The highest BCUT2D eigenvalue weighted by Crippen LogP contribution is 2.34. The van der Waals surface area contributed by atoms with Crippen LogP contribution in [0.3, 0.4) is 0 Å². The molecule has 2 saturated carbocycles. The van der Waals surface area contributed by atoms with E-state index >= 15 is 0 Å². The monoisotopic (exact) mass is 268 g/mol. The first-order valence-electron chi connectivity index (χ1n) is 8.37. The van der Waals surface area contributed by atoms with Gasteiger partial charge in [-0.15, -0.1) is 0 Å². The third kappa shape index (κ3) is 4.19. The van der Waals surface area contributed by atoms with Gasteiger partial charge in [-0.25, -0.2) is 0 Å². The zero-order chi connectivity index (χ0) is 13.8. The van der Waals surface area contributed by atoms with Crippen LogP contribution < -0.4 is 0 Å². The van der Waals surface area contributed by atoms with Gasteiger partial charge < -0.3 is 9.84 Å². The molecule has 0 aromatic rings. The summed E-state index contributed by atoms with van der Waals surface area (Å²) in [6, 6.07) is 0. The first kappa shape index (κ1) is 15.3. The number of aliphatic hydroxyl groups excluding tert-OH is 1. The summed E-state index contributed by atoms with van der Waals surface area (Å²) in [7, 11) is 0. The first-order chi connectivity index (χ1) is 9.08. The topological polar surface area (TPSA) is 29.5 Å². The molecule has 5 atom stereocenters. The zero-order valence-corrected chi connectivity index (χ0v) is 13.0. The average molecular weight is 268 g/mol. The molecule has 2 rings (SSSR count). The Labute approximate surface area is 118 Å². The Bertz CT molecular complexity index is 264. The van der Waals surface area contributed by atoms with Crippen LogP contribution in [0.5, 0.6) is 0 Å². The summed E-state index contributed by atoms with van der Waals surface area (Å²) in [5.41, 5.74) is 0. The van der Waals surface area contributed by atoms with E-state index in [0.29, 0.717) is 5.92 Å². The summed E-state index contributed by atoms with van der Waals surface area (Å²) in [4.78, 5) is 0. The van der Waals surface area contributed by atoms with Crippen LogP contribution in [-0.4, -0.2) is 23.9 Å². The highest BCUT2D eigenvalue weighted by molar-refractivity contribution is 4.82. The lowest BCUT2D eigenvalue weighted by molar-refractivity contribution is -0.0917. The predicted molar refractivity (Wildman–Crippen MR) is 79.0 cm³/mol. The lowest BCUT2D eigenvalue weighted by Crippen LogP contribution is -2.39. The minimum absolute atomic E-state index is 0.0928. The van der Waals surface area contributed by atoms with Crippen LogP contribution >= 0.6 is 0 Å². The summed E-state index contributed by atoms with van der Waals surface area (Å²) in [6.07, 6.45) is 8.43. The minimum atomic E-state index is -0.228. The van der Waals surface area contributed by atoms with E-state index in [1.807, 2.05) is 0 Å². The van der Waals surface area contributed by atoms with Crippen LogP contribution in [0.4, 0.5) is 0 Å². The Morgan fingerprint density at radius 3 is 2.53 bits per heavy atom. The van der Waals surface area contributed by atoms with E-state index in [0.717, 1.165) is 37.2 Å². The summed E-state index contributed by atoms with van der Waals surface area (Å²) in [5, 5.41) is 10.1. The van der Waals surface area contributed by atoms with Gasteiger partial charge >= 0.3 is 0 Å². The van der Waals surface area contributed by atoms with E-state index in [1.165, 1.54) is 32.1 Å². The SMILES string of the molecule is CC(C)[C@H]1CC[C@H](O)C(OC[C@@H]2CCCC[C@@H]2C)C1. The van der Waals surface area contributed by atoms with Crippen LogP contribution in [0.2, 0.25) is 0 Å². The summed E-state index contributed by atoms with van der Waals surface area (Å²) >= 11 is 0. The maximum absolute atomic E-state index is 10.1. The molecule has 1 N–H and O–H groups in total. The molecule has 0 heterocycles. The number of ether oxygens (including phenoxy) is 1. The van der Waals surface area contributed by atoms with Crippen LogP contribution in [0.1, 0.15) is 65.7 Å². The van der Waals surface area contributed by atoms with Gasteiger partial charge in [0.25, 0.3) is 0 Å². The highest BCUT2D eigenvalue weighted by atomic mass is 16.5. The maximum Gasteiger partial charge on any atom is 0.0836 e.